The van der Waals surface area contributed by atoms with E-state index < -0.39 is 5.56 Å². The molecule has 0 aliphatic carbocycles. The first-order valence-corrected chi connectivity index (χ1v) is 8.62. The van der Waals surface area contributed by atoms with E-state index in [9.17, 15) is 14.9 Å². The van der Waals surface area contributed by atoms with Crippen molar-refractivity contribution in [2.24, 2.45) is 0 Å². The van der Waals surface area contributed by atoms with Crippen LogP contribution in [0.5, 0.6) is 5.75 Å². The Balaban J connectivity index is 2.05. The van der Waals surface area contributed by atoms with Gasteiger partial charge in [-0.25, -0.2) is 4.98 Å². The fourth-order valence-corrected chi connectivity index (χ4v) is 3.22. The molecule has 28 heavy (non-hydrogen) atoms. The summed E-state index contributed by atoms with van der Waals surface area (Å²) in [5.74, 6) is 0.699. The highest BCUT2D eigenvalue weighted by Crippen LogP contribution is 2.16. The average Bonchev–Trinajstić information content (AvgIpc) is 2.71. The first-order valence-electron chi connectivity index (χ1n) is 8.62. The topological polar surface area (TPSA) is 89.4 Å². The number of hydrogen-bond donors (Lipinski definition) is 0. The Hall–Kier alpha value is -3.92. The summed E-state index contributed by atoms with van der Waals surface area (Å²) in [6, 6.07) is 14.1. The van der Waals surface area contributed by atoms with Gasteiger partial charge in [0.25, 0.3) is 11.1 Å². The third kappa shape index (κ3) is 2.72. The van der Waals surface area contributed by atoms with Crippen molar-refractivity contribution in [2.45, 2.75) is 13.5 Å². The number of methoxy groups -OCH3 is 1. The summed E-state index contributed by atoms with van der Waals surface area (Å²) in [6.07, 6.45) is 1.63. The SMILES string of the molecule is COc1ccc(Cn2c(=O)c(C#N)cc3c(=O)n4cccc(C)c4nc32)cc1. The van der Waals surface area contributed by atoms with Gasteiger partial charge in [0.1, 0.15) is 23.0 Å². The largest absolute Gasteiger partial charge is 0.497 e. The molecule has 0 radical (unpaired) electrons. The lowest BCUT2D eigenvalue weighted by Gasteiger charge is -2.12. The zero-order valence-electron chi connectivity index (χ0n) is 15.3. The molecule has 0 amide bonds. The van der Waals surface area contributed by atoms with Gasteiger partial charge in [-0.1, -0.05) is 18.2 Å². The molecule has 0 atom stereocenters. The first-order chi connectivity index (χ1) is 13.5. The molecule has 3 aromatic heterocycles. The number of fused-ring (bicyclic) bond motifs is 2. The van der Waals surface area contributed by atoms with Gasteiger partial charge in [-0.15, -0.1) is 0 Å². The van der Waals surface area contributed by atoms with Crippen LogP contribution in [-0.2, 0) is 6.54 Å². The molecule has 0 bridgehead atoms. The van der Waals surface area contributed by atoms with E-state index in [0.29, 0.717) is 11.4 Å². The van der Waals surface area contributed by atoms with Crippen LogP contribution in [0.2, 0.25) is 0 Å². The lowest BCUT2D eigenvalue weighted by molar-refractivity contribution is 0.414. The van der Waals surface area contributed by atoms with Gasteiger partial charge in [0.15, 0.2) is 5.65 Å². The van der Waals surface area contributed by atoms with Crippen molar-refractivity contribution in [3.63, 3.8) is 0 Å². The summed E-state index contributed by atoms with van der Waals surface area (Å²) < 4.78 is 7.97. The maximum atomic E-state index is 13.0. The van der Waals surface area contributed by atoms with Gasteiger partial charge < -0.3 is 4.74 Å². The monoisotopic (exact) mass is 372 g/mol. The van der Waals surface area contributed by atoms with E-state index >= 15 is 0 Å². The van der Waals surface area contributed by atoms with E-state index in [1.807, 2.05) is 31.2 Å². The second-order valence-corrected chi connectivity index (χ2v) is 6.45. The fraction of sp³-hybridized carbons (Fsp3) is 0.143. The van der Waals surface area contributed by atoms with Crippen LogP contribution in [0.4, 0.5) is 0 Å². The molecule has 4 rings (SSSR count). The second kappa shape index (κ2) is 6.67. The van der Waals surface area contributed by atoms with Gasteiger partial charge >= 0.3 is 0 Å². The van der Waals surface area contributed by atoms with E-state index in [1.165, 1.54) is 15.0 Å². The quantitative estimate of drug-likeness (QED) is 0.515. The fourth-order valence-electron chi connectivity index (χ4n) is 3.22. The molecule has 1 aromatic carbocycles. The average molecular weight is 372 g/mol. The van der Waals surface area contributed by atoms with Crippen molar-refractivity contribution in [1.29, 1.82) is 5.26 Å². The summed E-state index contributed by atoms with van der Waals surface area (Å²) in [4.78, 5) is 30.4. The number of benzene rings is 1. The Labute approximate surface area is 159 Å². The standard InChI is InChI=1S/C21H16N4O3/c1-13-4-3-9-24-18(13)23-19-17(21(24)27)10-15(11-22)20(26)25(19)12-14-5-7-16(28-2)8-6-14/h3-10H,12H2,1-2H3. The van der Waals surface area contributed by atoms with Crippen molar-refractivity contribution < 1.29 is 4.74 Å². The highest BCUT2D eigenvalue weighted by atomic mass is 16.5. The molecule has 0 saturated heterocycles. The molecule has 0 unspecified atom stereocenters. The molecule has 138 valence electrons. The third-order valence-electron chi connectivity index (χ3n) is 4.70. The summed E-state index contributed by atoms with van der Waals surface area (Å²) in [5, 5.41) is 9.61. The van der Waals surface area contributed by atoms with Crippen LogP contribution in [0.15, 0.2) is 58.3 Å². The molecule has 0 aliphatic heterocycles. The molecule has 0 fully saturated rings. The van der Waals surface area contributed by atoms with Crippen LogP contribution < -0.4 is 15.9 Å². The predicted octanol–water partition coefficient (Wildman–Crippen LogP) is 2.25. The zero-order chi connectivity index (χ0) is 19.8. The molecular formula is C21H16N4O3. The Morgan fingerprint density at radius 1 is 1.11 bits per heavy atom. The number of hydrogen-bond acceptors (Lipinski definition) is 5. The van der Waals surface area contributed by atoms with Gasteiger partial charge in [-0.3, -0.25) is 18.6 Å². The lowest BCUT2D eigenvalue weighted by Crippen LogP contribution is -2.28. The van der Waals surface area contributed by atoms with Crippen LogP contribution in [0, 0.1) is 18.3 Å². The van der Waals surface area contributed by atoms with Crippen molar-refractivity contribution in [3.05, 3.63) is 86.1 Å². The normalized spacial score (nSPS) is 10.9. The van der Waals surface area contributed by atoms with Crippen LogP contribution >= 0.6 is 0 Å². The number of aryl methyl sites for hydroxylation is 1. The highest BCUT2D eigenvalue weighted by molar-refractivity contribution is 5.78. The first kappa shape index (κ1) is 17.5. The molecule has 0 saturated carbocycles. The minimum absolute atomic E-state index is 0.0903. The van der Waals surface area contributed by atoms with Gasteiger partial charge in [0.2, 0.25) is 0 Å². The number of pyridine rings is 2. The Kier molecular flexibility index (Phi) is 4.17. The third-order valence-corrected chi connectivity index (χ3v) is 4.70. The number of rotatable bonds is 3. The zero-order valence-corrected chi connectivity index (χ0v) is 15.3. The van der Waals surface area contributed by atoms with E-state index in [4.69, 9.17) is 4.74 Å². The second-order valence-electron chi connectivity index (χ2n) is 6.45. The predicted molar refractivity (Wildman–Crippen MR) is 105 cm³/mol. The Morgan fingerprint density at radius 2 is 1.86 bits per heavy atom. The molecule has 0 N–H and O–H groups in total. The lowest BCUT2D eigenvalue weighted by atomic mass is 10.2. The minimum atomic E-state index is -0.476. The molecule has 4 aromatic rings. The van der Waals surface area contributed by atoms with Crippen LogP contribution in [0.3, 0.4) is 0 Å². The van der Waals surface area contributed by atoms with Crippen molar-refractivity contribution in [1.82, 2.24) is 14.0 Å². The maximum Gasteiger partial charge on any atom is 0.270 e. The van der Waals surface area contributed by atoms with Crippen LogP contribution in [-0.4, -0.2) is 21.1 Å². The van der Waals surface area contributed by atoms with E-state index in [2.05, 4.69) is 4.98 Å². The highest BCUT2D eigenvalue weighted by Gasteiger charge is 2.16. The van der Waals surface area contributed by atoms with Crippen molar-refractivity contribution >= 4 is 16.7 Å². The summed E-state index contributed by atoms with van der Waals surface area (Å²) in [6.45, 7) is 2.03. The van der Waals surface area contributed by atoms with Crippen molar-refractivity contribution in [3.8, 4) is 11.8 Å². The van der Waals surface area contributed by atoms with Crippen molar-refractivity contribution in [2.75, 3.05) is 7.11 Å². The molecule has 0 spiro atoms. The summed E-state index contributed by atoms with van der Waals surface area (Å²) >= 11 is 0. The van der Waals surface area contributed by atoms with Gasteiger partial charge in [0.05, 0.1) is 19.0 Å². The summed E-state index contributed by atoms with van der Waals surface area (Å²) in [5.41, 5.74) is 1.50. The molecule has 0 aliphatic rings. The maximum absolute atomic E-state index is 13.0. The molecule has 7 nitrogen and oxygen atoms in total. The number of nitriles is 1. The van der Waals surface area contributed by atoms with E-state index in [-0.39, 0.29) is 28.7 Å². The smallest absolute Gasteiger partial charge is 0.270 e. The Morgan fingerprint density at radius 3 is 2.54 bits per heavy atom. The van der Waals surface area contributed by atoms with Gasteiger partial charge in [0, 0.05) is 6.20 Å². The molecule has 3 heterocycles. The van der Waals surface area contributed by atoms with Gasteiger partial charge in [-0.05, 0) is 42.3 Å². The van der Waals surface area contributed by atoms with Crippen LogP contribution in [0.25, 0.3) is 16.7 Å². The van der Waals surface area contributed by atoms with Crippen LogP contribution in [0.1, 0.15) is 16.7 Å². The number of ether oxygens (including phenoxy) is 1. The summed E-state index contributed by atoms with van der Waals surface area (Å²) in [7, 11) is 1.58. The van der Waals surface area contributed by atoms with E-state index in [1.54, 1.807) is 31.5 Å². The number of nitrogens with zero attached hydrogens (tertiary/aromatic N) is 4. The van der Waals surface area contributed by atoms with E-state index in [0.717, 1.165) is 11.1 Å². The minimum Gasteiger partial charge on any atom is -0.497 e. The molecule has 7 heteroatoms. The number of aromatic nitrogens is 3. The van der Waals surface area contributed by atoms with Gasteiger partial charge in [-0.2, -0.15) is 5.26 Å². The molecular weight excluding hydrogens is 356 g/mol. The Bertz CT molecular complexity index is 1380.